The number of para-hydroxylation sites is 1. The summed E-state index contributed by atoms with van der Waals surface area (Å²) in [6.07, 6.45) is 1.88. The van der Waals surface area contributed by atoms with Crippen LogP contribution in [0, 0.1) is 0 Å². The smallest absolute Gasteiger partial charge is 0.245 e. The fraction of sp³-hybridized carbons (Fsp3) is 0.263. The van der Waals surface area contributed by atoms with Crippen molar-refractivity contribution in [2.75, 3.05) is 31.1 Å². The lowest BCUT2D eigenvalue weighted by Crippen LogP contribution is -2.48. The van der Waals surface area contributed by atoms with E-state index in [2.05, 4.69) is 4.90 Å². The third-order valence-corrected chi connectivity index (χ3v) is 6.86. The first-order chi connectivity index (χ1) is 12.5. The Hall–Kier alpha value is -2.51. The molecule has 0 saturated carbocycles. The number of anilines is 1. The molecule has 0 spiro atoms. The molecule has 26 heavy (non-hydrogen) atoms. The number of piperazine rings is 1. The number of phenolic OH excluding ortho intramolecular Hbond substituents is 1. The Kier molecular flexibility index (Phi) is 4.13. The summed E-state index contributed by atoms with van der Waals surface area (Å²) < 4.78 is 29.8. The van der Waals surface area contributed by atoms with Crippen molar-refractivity contribution in [2.24, 2.45) is 7.05 Å². The van der Waals surface area contributed by atoms with Crippen molar-refractivity contribution in [3.63, 3.8) is 0 Å². The number of phenols is 1. The van der Waals surface area contributed by atoms with Crippen LogP contribution in [0.5, 0.6) is 5.75 Å². The van der Waals surface area contributed by atoms with Crippen molar-refractivity contribution >= 4 is 26.6 Å². The second-order valence-electron chi connectivity index (χ2n) is 6.53. The van der Waals surface area contributed by atoms with Crippen LogP contribution in [0.15, 0.2) is 59.6 Å². The molecule has 0 atom stereocenters. The number of nitrogens with zero attached hydrogens (tertiary/aromatic N) is 3. The number of fused-ring (bicyclic) bond motifs is 1. The molecule has 1 saturated heterocycles. The van der Waals surface area contributed by atoms with Crippen molar-refractivity contribution in [2.45, 2.75) is 4.90 Å². The van der Waals surface area contributed by atoms with Gasteiger partial charge in [-0.3, -0.25) is 0 Å². The SMILES string of the molecule is Cn1ccc2cccc(S(=O)(=O)N3CCN(c4ccc(O)cc4)CC3)c21. The first-order valence-electron chi connectivity index (χ1n) is 8.55. The quantitative estimate of drug-likeness (QED) is 0.768. The number of sulfonamides is 1. The van der Waals surface area contributed by atoms with Crippen LogP contribution >= 0.6 is 0 Å². The molecule has 1 aliphatic rings. The molecule has 0 unspecified atom stereocenters. The molecule has 1 fully saturated rings. The Morgan fingerprint density at radius 1 is 0.923 bits per heavy atom. The van der Waals surface area contributed by atoms with Gasteiger partial charge in [0.15, 0.2) is 0 Å². The molecule has 0 radical (unpaired) electrons. The van der Waals surface area contributed by atoms with E-state index in [4.69, 9.17) is 0 Å². The fourth-order valence-corrected chi connectivity index (χ4v) is 5.19. The number of aryl methyl sites for hydroxylation is 1. The van der Waals surface area contributed by atoms with Crippen LogP contribution in [-0.4, -0.2) is 48.6 Å². The largest absolute Gasteiger partial charge is 0.508 e. The lowest BCUT2D eigenvalue weighted by Gasteiger charge is -2.35. The Morgan fingerprint density at radius 3 is 2.31 bits per heavy atom. The molecule has 0 bridgehead atoms. The van der Waals surface area contributed by atoms with Crippen LogP contribution in [0.4, 0.5) is 5.69 Å². The van der Waals surface area contributed by atoms with Crippen LogP contribution < -0.4 is 4.90 Å². The van der Waals surface area contributed by atoms with Crippen LogP contribution in [0.25, 0.3) is 10.9 Å². The topological polar surface area (TPSA) is 65.8 Å². The van der Waals surface area contributed by atoms with E-state index in [1.807, 2.05) is 42.1 Å². The van der Waals surface area contributed by atoms with Gasteiger partial charge in [0.05, 0.1) is 5.52 Å². The molecule has 3 aromatic rings. The molecule has 2 heterocycles. The van der Waals surface area contributed by atoms with E-state index in [9.17, 15) is 13.5 Å². The van der Waals surface area contributed by atoms with Crippen LogP contribution in [0.3, 0.4) is 0 Å². The second-order valence-corrected chi connectivity index (χ2v) is 8.43. The van der Waals surface area contributed by atoms with Crippen molar-refractivity contribution in [3.8, 4) is 5.75 Å². The van der Waals surface area contributed by atoms with Gasteiger partial charge in [0.1, 0.15) is 10.6 Å². The summed E-state index contributed by atoms with van der Waals surface area (Å²) in [5.74, 6) is 0.227. The van der Waals surface area contributed by atoms with Gasteiger partial charge in [0.2, 0.25) is 10.0 Å². The van der Waals surface area contributed by atoms with Gasteiger partial charge in [0, 0.05) is 50.5 Å². The average Bonchev–Trinajstić information content (AvgIpc) is 3.04. The van der Waals surface area contributed by atoms with Gasteiger partial charge in [-0.15, -0.1) is 0 Å². The number of aromatic nitrogens is 1. The molecule has 7 heteroatoms. The highest BCUT2D eigenvalue weighted by Gasteiger charge is 2.30. The molecule has 1 N–H and O–H groups in total. The minimum atomic E-state index is -3.55. The van der Waals surface area contributed by atoms with E-state index in [1.165, 1.54) is 0 Å². The third-order valence-electron chi connectivity index (χ3n) is 4.93. The predicted molar refractivity (Wildman–Crippen MR) is 102 cm³/mol. The summed E-state index contributed by atoms with van der Waals surface area (Å²) in [5, 5.41) is 10.3. The summed E-state index contributed by atoms with van der Waals surface area (Å²) >= 11 is 0. The standard InChI is InChI=1S/C19H21N3O3S/c1-20-10-9-15-3-2-4-18(19(15)20)26(24,25)22-13-11-21(12-14-22)16-5-7-17(23)8-6-16/h2-10,23H,11-14H2,1H3. The van der Waals surface area contributed by atoms with E-state index in [0.717, 1.165) is 16.6 Å². The molecule has 2 aromatic carbocycles. The monoisotopic (exact) mass is 371 g/mol. The lowest BCUT2D eigenvalue weighted by molar-refractivity contribution is 0.385. The van der Waals surface area contributed by atoms with E-state index in [0.29, 0.717) is 31.1 Å². The van der Waals surface area contributed by atoms with E-state index in [1.54, 1.807) is 28.6 Å². The average molecular weight is 371 g/mol. The van der Waals surface area contributed by atoms with Gasteiger partial charge in [-0.05, 0) is 36.4 Å². The molecule has 1 aliphatic heterocycles. The van der Waals surface area contributed by atoms with Crippen LogP contribution in [-0.2, 0) is 17.1 Å². The van der Waals surface area contributed by atoms with Crippen molar-refractivity contribution in [1.29, 1.82) is 0 Å². The van der Waals surface area contributed by atoms with Gasteiger partial charge in [-0.1, -0.05) is 12.1 Å². The van der Waals surface area contributed by atoms with Gasteiger partial charge < -0.3 is 14.6 Å². The number of aromatic hydroxyl groups is 1. The molecule has 1 aromatic heterocycles. The summed E-state index contributed by atoms with van der Waals surface area (Å²) in [6, 6.07) is 14.3. The maximum absolute atomic E-state index is 13.2. The zero-order chi connectivity index (χ0) is 18.3. The van der Waals surface area contributed by atoms with Gasteiger partial charge >= 0.3 is 0 Å². The van der Waals surface area contributed by atoms with Crippen molar-refractivity contribution in [3.05, 3.63) is 54.7 Å². The van der Waals surface area contributed by atoms with E-state index >= 15 is 0 Å². The summed E-state index contributed by atoms with van der Waals surface area (Å²) in [6.45, 7) is 2.11. The number of hydrogen-bond donors (Lipinski definition) is 1. The lowest BCUT2D eigenvalue weighted by atomic mass is 10.2. The molecule has 0 aliphatic carbocycles. The molecule has 6 nitrogen and oxygen atoms in total. The summed E-state index contributed by atoms with van der Waals surface area (Å²) in [5.41, 5.74) is 1.73. The van der Waals surface area contributed by atoms with Gasteiger partial charge in [-0.25, -0.2) is 8.42 Å². The number of rotatable bonds is 3. The summed E-state index contributed by atoms with van der Waals surface area (Å²) in [7, 11) is -1.68. The molecular formula is C19H21N3O3S. The Labute approximate surface area is 152 Å². The highest BCUT2D eigenvalue weighted by molar-refractivity contribution is 7.89. The van der Waals surface area contributed by atoms with E-state index < -0.39 is 10.0 Å². The predicted octanol–water partition coefficient (Wildman–Crippen LogP) is 2.39. The first-order valence-corrected chi connectivity index (χ1v) is 9.99. The van der Waals surface area contributed by atoms with Crippen LogP contribution in [0.1, 0.15) is 0 Å². The second kappa shape index (κ2) is 6.34. The highest BCUT2D eigenvalue weighted by atomic mass is 32.2. The van der Waals surface area contributed by atoms with Crippen molar-refractivity contribution in [1.82, 2.24) is 8.87 Å². The normalized spacial score (nSPS) is 16.3. The molecule has 0 amide bonds. The van der Waals surface area contributed by atoms with E-state index in [-0.39, 0.29) is 5.75 Å². The first kappa shape index (κ1) is 16.9. The Balaban J connectivity index is 1.58. The third kappa shape index (κ3) is 2.83. The number of benzene rings is 2. The van der Waals surface area contributed by atoms with Crippen LogP contribution in [0.2, 0.25) is 0 Å². The summed E-state index contributed by atoms with van der Waals surface area (Å²) in [4.78, 5) is 2.50. The molecule has 4 rings (SSSR count). The number of hydrogen-bond acceptors (Lipinski definition) is 4. The fourth-order valence-electron chi connectivity index (χ4n) is 3.52. The Morgan fingerprint density at radius 2 is 1.62 bits per heavy atom. The highest BCUT2D eigenvalue weighted by Crippen LogP contribution is 2.28. The minimum absolute atomic E-state index is 0.227. The molecule has 136 valence electrons. The maximum Gasteiger partial charge on any atom is 0.245 e. The molecular weight excluding hydrogens is 350 g/mol. The maximum atomic E-state index is 13.2. The zero-order valence-corrected chi connectivity index (χ0v) is 15.4. The van der Waals surface area contributed by atoms with Gasteiger partial charge in [-0.2, -0.15) is 4.31 Å². The Bertz CT molecular complexity index is 1030. The van der Waals surface area contributed by atoms with Gasteiger partial charge in [0.25, 0.3) is 0 Å². The van der Waals surface area contributed by atoms with Crippen molar-refractivity contribution < 1.29 is 13.5 Å². The zero-order valence-electron chi connectivity index (χ0n) is 14.5. The minimum Gasteiger partial charge on any atom is -0.508 e.